The standard InChI is InChI=1S/C13H11ClFNO2/c1-7-5-8(6-16-7)13(17)11-9(14)3-4-10(18-2)12(11)15/h3-6,16H,1-2H3. The van der Waals surface area contributed by atoms with Crippen LogP contribution in [-0.4, -0.2) is 17.9 Å². The van der Waals surface area contributed by atoms with Gasteiger partial charge in [-0.05, 0) is 25.1 Å². The molecule has 94 valence electrons. The number of halogens is 2. The molecule has 1 aromatic heterocycles. The molecule has 1 aromatic carbocycles. The van der Waals surface area contributed by atoms with Crippen LogP contribution in [0.4, 0.5) is 4.39 Å². The first-order valence-electron chi connectivity index (χ1n) is 5.26. The van der Waals surface area contributed by atoms with Gasteiger partial charge >= 0.3 is 0 Å². The normalized spacial score (nSPS) is 10.4. The largest absolute Gasteiger partial charge is 0.494 e. The number of aryl methyl sites for hydroxylation is 1. The second-order valence-corrected chi connectivity index (χ2v) is 4.25. The predicted molar refractivity (Wildman–Crippen MR) is 66.9 cm³/mol. The van der Waals surface area contributed by atoms with Crippen LogP contribution in [0.3, 0.4) is 0 Å². The van der Waals surface area contributed by atoms with Crippen LogP contribution in [0.25, 0.3) is 0 Å². The number of nitrogens with one attached hydrogen (secondary N) is 1. The van der Waals surface area contributed by atoms with E-state index in [0.29, 0.717) is 5.56 Å². The number of methoxy groups -OCH3 is 1. The van der Waals surface area contributed by atoms with Crippen molar-refractivity contribution in [1.29, 1.82) is 0 Å². The molecule has 0 fully saturated rings. The van der Waals surface area contributed by atoms with Crippen LogP contribution < -0.4 is 4.74 Å². The molecule has 1 N–H and O–H groups in total. The van der Waals surface area contributed by atoms with Gasteiger partial charge in [-0.25, -0.2) is 4.39 Å². The van der Waals surface area contributed by atoms with Crippen molar-refractivity contribution in [3.63, 3.8) is 0 Å². The van der Waals surface area contributed by atoms with Crippen LogP contribution >= 0.6 is 11.6 Å². The summed E-state index contributed by atoms with van der Waals surface area (Å²) in [5.74, 6) is -1.22. The number of aromatic nitrogens is 1. The first kappa shape index (κ1) is 12.6. The van der Waals surface area contributed by atoms with Gasteiger partial charge in [-0.2, -0.15) is 0 Å². The summed E-state index contributed by atoms with van der Waals surface area (Å²) >= 11 is 5.88. The van der Waals surface area contributed by atoms with E-state index in [0.717, 1.165) is 5.69 Å². The fraction of sp³-hybridized carbons (Fsp3) is 0.154. The molecule has 0 saturated carbocycles. The molecule has 1 heterocycles. The van der Waals surface area contributed by atoms with Gasteiger partial charge < -0.3 is 9.72 Å². The summed E-state index contributed by atoms with van der Waals surface area (Å²) in [7, 11) is 1.33. The van der Waals surface area contributed by atoms with E-state index >= 15 is 0 Å². The molecule has 2 rings (SSSR count). The van der Waals surface area contributed by atoms with Crippen molar-refractivity contribution < 1.29 is 13.9 Å². The summed E-state index contributed by atoms with van der Waals surface area (Å²) in [5.41, 5.74) is 1.01. The lowest BCUT2D eigenvalue weighted by Gasteiger charge is -2.07. The van der Waals surface area contributed by atoms with Crippen molar-refractivity contribution in [2.45, 2.75) is 6.92 Å². The van der Waals surface area contributed by atoms with Gasteiger partial charge in [0.05, 0.1) is 17.7 Å². The monoisotopic (exact) mass is 267 g/mol. The summed E-state index contributed by atoms with van der Waals surface area (Å²) < 4.78 is 18.9. The maximum Gasteiger partial charge on any atom is 0.199 e. The van der Waals surface area contributed by atoms with Crippen molar-refractivity contribution in [2.24, 2.45) is 0 Å². The minimum atomic E-state index is -0.742. The zero-order valence-corrected chi connectivity index (χ0v) is 10.6. The zero-order chi connectivity index (χ0) is 13.3. The Morgan fingerprint density at radius 1 is 1.44 bits per heavy atom. The van der Waals surface area contributed by atoms with Gasteiger partial charge in [0.1, 0.15) is 0 Å². The average molecular weight is 268 g/mol. The van der Waals surface area contributed by atoms with Crippen LogP contribution in [0.2, 0.25) is 5.02 Å². The Morgan fingerprint density at radius 3 is 2.72 bits per heavy atom. The summed E-state index contributed by atoms with van der Waals surface area (Å²) in [6.45, 7) is 1.81. The fourth-order valence-corrected chi connectivity index (χ4v) is 1.91. The van der Waals surface area contributed by atoms with Gasteiger partial charge in [-0.15, -0.1) is 0 Å². The first-order valence-corrected chi connectivity index (χ1v) is 5.64. The fourth-order valence-electron chi connectivity index (χ4n) is 1.68. The Bertz CT molecular complexity index is 607. The Morgan fingerprint density at radius 2 is 2.17 bits per heavy atom. The number of rotatable bonds is 3. The minimum absolute atomic E-state index is 0.00462. The van der Waals surface area contributed by atoms with Crippen molar-refractivity contribution in [2.75, 3.05) is 7.11 Å². The van der Waals surface area contributed by atoms with Gasteiger partial charge in [-0.1, -0.05) is 11.6 Å². The van der Waals surface area contributed by atoms with E-state index in [1.807, 2.05) is 0 Å². The molecule has 0 amide bonds. The molecule has 0 aliphatic carbocycles. The SMILES string of the molecule is COc1ccc(Cl)c(C(=O)c2c[nH]c(C)c2)c1F. The third kappa shape index (κ3) is 2.11. The van der Waals surface area contributed by atoms with Gasteiger partial charge in [0, 0.05) is 17.5 Å². The zero-order valence-electron chi connectivity index (χ0n) is 9.88. The van der Waals surface area contributed by atoms with Crippen molar-refractivity contribution >= 4 is 17.4 Å². The van der Waals surface area contributed by atoms with E-state index in [2.05, 4.69) is 4.98 Å². The topological polar surface area (TPSA) is 42.1 Å². The molecule has 5 heteroatoms. The lowest BCUT2D eigenvalue weighted by atomic mass is 10.0. The first-order chi connectivity index (χ1) is 8.54. The number of ketones is 1. The van der Waals surface area contributed by atoms with Crippen molar-refractivity contribution in [1.82, 2.24) is 4.98 Å². The lowest BCUT2D eigenvalue weighted by Crippen LogP contribution is -2.05. The molecule has 0 atom stereocenters. The molecule has 0 aliphatic heterocycles. The number of hydrogen-bond donors (Lipinski definition) is 1. The molecule has 0 spiro atoms. The van der Waals surface area contributed by atoms with Gasteiger partial charge in [0.15, 0.2) is 17.3 Å². The minimum Gasteiger partial charge on any atom is -0.494 e. The Hall–Kier alpha value is -1.81. The molecule has 0 radical (unpaired) electrons. The van der Waals surface area contributed by atoms with Gasteiger partial charge in [0.25, 0.3) is 0 Å². The van der Waals surface area contributed by atoms with Crippen molar-refractivity contribution in [3.05, 3.63) is 52.1 Å². The number of ether oxygens (including phenoxy) is 1. The third-order valence-electron chi connectivity index (χ3n) is 2.59. The van der Waals surface area contributed by atoms with Gasteiger partial charge in [0.2, 0.25) is 0 Å². The molecular weight excluding hydrogens is 257 g/mol. The molecule has 0 bridgehead atoms. The molecule has 3 nitrogen and oxygen atoms in total. The quantitative estimate of drug-likeness (QED) is 0.867. The highest BCUT2D eigenvalue weighted by molar-refractivity contribution is 6.35. The molecule has 18 heavy (non-hydrogen) atoms. The van der Waals surface area contributed by atoms with Gasteiger partial charge in [-0.3, -0.25) is 4.79 Å². The van der Waals surface area contributed by atoms with E-state index in [1.165, 1.54) is 25.4 Å². The number of carbonyl (C=O) groups excluding carboxylic acids is 1. The highest BCUT2D eigenvalue weighted by Crippen LogP contribution is 2.29. The maximum atomic E-state index is 14.0. The van der Waals surface area contributed by atoms with Crippen LogP contribution in [0, 0.1) is 12.7 Å². The Balaban J connectivity index is 2.54. The molecule has 0 aliphatic rings. The number of H-pyrrole nitrogens is 1. The Kier molecular flexibility index (Phi) is 3.39. The van der Waals surface area contributed by atoms with E-state index in [-0.39, 0.29) is 16.3 Å². The number of hydrogen-bond acceptors (Lipinski definition) is 2. The summed E-state index contributed by atoms with van der Waals surface area (Å²) in [4.78, 5) is 15.0. The van der Waals surface area contributed by atoms with Crippen LogP contribution in [-0.2, 0) is 0 Å². The maximum absolute atomic E-state index is 14.0. The molecule has 2 aromatic rings. The highest BCUT2D eigenvalue weighted by Gasteiger charge is 2.21. The van der Waals surface area contributed by atoms with Crippen molar-refractivity contribution in [3.8, 4) is 5.75 Å². The second-order valence-electron chi connectivity index (χ2n) is 3.84. The molecular formula is C13H11ClFNO2. The third-order valence-corrected chi connectivity index (χ3v) is 2.91. The Labute approximate surface area is 109 Å². The lowest BCUT2D eigenvalue weighted by molar-refractivity contribution is 0.103. The van der Waals surface area contributed by atoms with E-state index < -0.39 is 11.6 Å². The average Bonchev–Trinajstić information content (AvgIpc) is 2.76. The smallest absolute Gasteiger partial charge is 0.199 e. The summed E-state index contributed by atoms with van der Waals surface area (Å²) in [6, 6.07) is 4.46. The van der Waals surface area contributed by atoms with E-state index in [1.54, 1.807) is 13.0 Å². The van der Waals surface area contributed by atoms with E-state index in [9.17, 15) is 9.18 Å². The number of aromatic amines is 1. The van der Waals surface area contributed by atoms with Crippen LogP contribution in [0.5, 0.6) is 5.75 Å². The predicted octanol–water partition coefficient (Wildman–Crippen LogP) is 3.36. The summed E-state index contributed by atoms with van der Waals surface area (Å²) in [5, 5.41) is 0.0668. The number of benzene rings is 1. The molecule has 0 unspecified atom stereocenters. The highest BCUT2D eigenvalue weighted by atomic mass is 35.5. The summed E-state index contributed by atoms with van der Waals surface area (Å²) in [6.07, 6.45) is 1.52. The number of carbonyl (C=O) groups is 1. The van der Waals surface area contributed by atoms with Crippen LogP contribution in [0.15, 0.2) is 24.4 Å². The van der Waals surface area contributed by atoms with Crippen LogP contribution in [0.1, 0.15) is 21.6 Å². The molecule has 0 saturated heterocycles. The second kappa shape index (κ2) is 4.82. The van der Waals surface area contributed by atoms with E-state index in [4.69, 9.17) is 16.3 Å².